The number of nitrogens with zero attached hydrogens (tertiary/aromatic N) is 6. The van der Waals surface area contributed by atoms with Crippen molar-refractivity contribution in [3.63, 3.8) is 0 Å². The third kappa shape index (κ3) is 3.86. The van der Waals surface area contributed by atoms with Crippen LogP contribution in [-0.4, -0.2) is 47.5 Å². The predicted molar refractivity (Wildman–Crippen MR) is 117 cm³/mol. The van der Waals surface area contributed by atoms with Crippen LogP contribution in [0.25, 0.3) is 16.6 Å². The van der Waals surface area contributed by atoms with E-state index in [1.807, 2.05) is 6.92 Å². The number of halogens is 4. The van der Waals surface area contributed by atoms with Gasteiger partial charge in [0, 0.05) is 36.8 Å². The maximum atomic E-state index is 14.2. The van der Waals surface area contributed by atoms with E-state index in [9.17, 15) is 27.2 Å². The predicted octanol–water partition coefficient (Wildman–Crippen LogP) is 3.10. The second-order valence-electron chi connectivity index (χ2n) is 8.48. The normalized spacial score (nSPS) is 18.6. The summed E-state index contributed by atoms with van der Waals surface area (Å²) in [4.78, 5) is 34.7. The van der Waals surface area contributed by atoms with E-state index < -0.39 is 29.7 Å². The number of rotatable bonds is 3. The van der Waals surface area contributed by atoms with Gasteiger partial charge in [-0.2, -0.15) is 13.3 Å². The average molecular weight is 489 g/mol. The lowest BCUT2D eigenvalue weighted by atomic mass is 9.92. The van der Waals surface area contributed by atoms with Gasteiger partial charge < -0.3 is 10.6 Å². The Bertz CT molecular complexity index is 1530. The summed E-state index contributed by atoms with van der Waals surface area (Å²) in [7, 11) is 0. The highest BCUT2D eigenvalue weighted by Gasteiger charge is 2.33. The lowest BCUT2D eigenvalue weighted by Gasteiger charge is -2.37. The monoisotopic (exact) mass is 489 g/mol. The zero-order valence-electron chi connectivity index (χ0n) is 18.3. The quantitative estimate of drug-likeness (QED) is 0.443. The Kier molecular flexibility index (Phi) is 5.41. The Hall–Kier alpha value is -4.03. The van der Waals surface area contributed by atoms with Crippen molar-refractivity contribution in [2.45, 2.75) is 38.3 Å². The molecule has 182 valence electrons. The van der Waals surface area contributed by atoms with Crippen LogP contribution in [0.4, 0.5) is 23.5 Å². The van der Waals surface area contributed by atoms with E-state index in [1.54, 1.807) is 0 Å². The lowest BCUT2D eigenvalue weighted by Crippen LogP contribution is -2.45. The van der Waals surface area contributed by atoms with Crippen LogP contribution in [-0.2, 0) is 0 Å². The van der Waals surface area contributed by atoms with Gasteiger partial charge in [0.15, 0.2) is 17.3 Å². The fourth-order valence-electron chi connectivity index (χ4n) is 4.40. The van der Waals surface area contributed by atoms with Crippen molar-refractivity contribution in [2.24, 2.45) is 0 Å². The highest BCUT2D eigenvalue weighted by molar-refractivity contribution is 5.94. The average Bonchev–Trinajstić information content (AvgIpc) is 3.26. The largest absolute Gasteiger partial charge is 0.368 e. The van der Waals surface area contributed by atoms with E-state index in [0.29, 0.717) is 24.7 Å². The second kappa shape index (κ2) is 8.32. The summed E-state index contributed by atoms with van der Waals surface area (Å²) in [6.07, 6.45) is 2.01. The Labute approximate surface area is 194 Å². The van der Waals surface area contributed by atoms with Crippen LogP contribution in [0.15, 0.2) is 35.3 Å². The molecule has 2 atom stereocenters. The summed E-state index contributed by atoms with van der Waals surface area (Å²) in [5.41, 5.74) is 4.95. The molecule has 3 aromatic heterocycles. The van der Waals surface area contributed by atoms with E-state index in [0.717, 1.165) is 18.3 Å². The van der Waals surface area contributed by atoms with Gasteiger partial charge in [-0.05, 0) is 31.9 Å². The smallest absolute Gasteiger partial charge is 0.321 e. The number of hydrogen-bond donors (Lipinski definition) is 1. The van der Waals surface area contributed by atoms with Crippen molar-refractivity contribution >= 4 is 28.4 Å². The zero-order chi connectivity index (χ0) is 25.0. The van der Waals surface area contributed by atoms with Crippen LogP contribution in [0.2, 0.25) is 0 Å². The molecule has 1 aliphatic rings. The standard InChI is InChI=1S/C22H19F4N7O2/c1-10-2-3-11(8-31(10)20(35)12-4-5-16(34)32(9-12)21(25)26)18-29-19-14-6-13(23)7-15(24)17(14)28-22(27)33(19)30-18/h4-7,9-11,21H,2-3,8H2,1H3,(H2,27,28)/t10-,11+/m0/s1. The summed E-state index contributed by atoms with van der Waals surface area (Å²) in [5.74, 6) is -2.39. The molecule has 0 aliphatic carbocycles. The molecule has 2 N–H and O–H groups in total. The maximum absolute atomic E-state index is 14.2. The first-order chi connectivity index (χ1) is 16.6. The topological polar surface area (TPSA) is 111 Å². The number of piperidine rings is 1. The molecular formula is C22H19F4N7O2. The highest BCUT2D eigenvalue weighted by Crippen LogP contribution is 2.31. The Morgan fingerprint density at radius 3 is 2.69 bits per heavy atom. The summed E-state index contributed by atoms with van der Waals surface area (Å²) >= 11 is 0. The van der Waals surface area contributed by atoms with Crippen molar-refractivity contribution in [1.29, 1.82) is 0 Å². The Morgan fingerprint density at radius 1 is 1.17 bits per heavy atom. The van der Waals surface area contributed by atoms with Gasteiger partial charge in [0.1, 0.15) is 11.3 Å². The number of nitrogen functional groups attached to an aromatic ring is 1. The Balaban J connectivity index is 1.51. The van der Waals surface area contributed by atoms with Gasteiger partial charge in [-0.15, -0.1) is 5.10 Å². The second-order valence-corrected chi connectivity index (χ2v) is 8.48. The number of aromatic nitrogens is 5. The molecule has 1 saturated heterocycles. The fraction of sp³-hybridized carbons (Fsp3) is 0.318. The molecule has 0 bridgehead atoms. The number of hydrogen-bond acceptors (Lipinski definition) is 6. The van der Waals surface area contributed by atoms with E-state index in [-0.39, 0.29) is 51.1 Å². The van der Waals surface area contributed by atoms with Crippen LogP contribution in [0.3, 0.4) is 0 Å². The maximum Gasteiger partial charge on any atom is 0.321 e. The molecule has 0 unspecified atom stereocenters. The molecule has 4 heterocycles. The minimum absolute atomic E-state index is 0.0502. The van der Waals surface area contributed by atoms with Crippen LogP contribution in [0.5, 0.6) is 0 Å². The first-order valence-corrected chi connectivity index (χ1v) is 10.8. The summed E-state index contributed by atoms with van der Waals surface area (Å²) < 4.78 is 55.7. The minimum atomic E-state index is -3.08. The molecule has 13 heteroatoms. The minimum Gasteiger partial charge on any atom is -0.368 e. The highest BCUT2D eigenvalue weighted by atomic mass is 19.3. The summed E-state index contributed by atoms with van der Waals surface area (Å²) in [6, 6.07) is 3.72. The van der Waals surface area contributed by atoms with Gasteiger partial charge in [0.2, 0.25) is 5.95 Å². The molecule has 1 aliphatic heterocycles. The van der Waals surface area contributed by atoms with Crippen molar-refractivity contribution in [3.8, 4) is 0 Å². The van der Waals surface area contributed by atoms with E-state index in [2.05, 4.69) is 15.1 Å². The fourth-order valence-corrected chi connectivity index (χ4v) is 4.40. The van der Waals surface area contributed by atoms with Crippen LogP contribution >= 0.6 is 0 Å². The molecule has 5 rings (SSSR count). The number of carbonyl (C=O) groups is 1. The molecule has 1 fully saturated rings. The molecule has 0 saturated carbocycles. The third-order valence-corrected chi connectivity index (χ3v) is 6.24. The van der Waals surface area contributed by atoms with Gasteiger partial charge in [-0.3, -0.25) is 14.2 Å². The number of pyridine rings is 1. The van der Waals surface area contributed by atoms with E-state index >= 15 is 0 Å². The SMILES string of the molecule is C[C@H]1CC[C@@H](c2nc3c4cc(F)cc(F)c4nc(N)n3n2)CN1C(=O)c1ccc(=O)n(C(F)F)c1. The van der Waals surface area contributed by atoms with Crippen molar-refractivity contribution in [3.05, 3.63) is 63.8 Å². The molecule has 0 radical (unpaired) electrons. The van der Waals surface area contributed by atoms with Gasteiger partial charge >= 0.3 is 6.55 Å². The number of nitrogens with two attached hydrogens (primary N) is 1. The number of carbonyl (C=O) groups excluding carboxylic acids is 1. The molecule has 1 amide bonds. The van der Waals surface area contributed by atoms with Crippen molar-refractivity contribution < 1.29 is 22.4 Å². The molecular weight excluding hydrogens is 470 g/mol. The van der Waals surface area contributed by atoms with Gasteiger partial charge in [-0.25, -0.2) is 18.7 Å². The number of likely N-dealkylation sites (tertiary alicyclic amines) is 1. The third-order valence-electron chi connectivity index (χ3n) is 6.24. The number of amides is 1. The first-order valence-electron chi connectivity index (χ1n) is 10.8. The van der Waals surface area contributed by atoms with E-state index in [1.165, 1.54) is 15.5 Å². The summed E-state index contributed by atoms with van der Waals surface area (Å²) in [6.45, 7) is -1.08. The Morgan fingerprint density at radius 2 is 1.94 bits per heavy atom. The first kappa shape index (κ1) is 22.7. The zero-order valence-corrected chi connectivity index (χ0v) is 18.3. The van der Waals surface area contributed by atoms with Crippen LogP contribution in [0.1, 0.15) is 48.4 Å². The molecule has 4 aromatic rings. The summed E-state index contributed by atoms with van der Waals surface area (Å²) in [5, 5.41) is 4.48. The van der Waals surface area contributed by atoms with Crippen LogP contribution < -0.4 is 11.3 Å². The number of benzene rings is 1. The van der Waals surface area contributed by atoms with Gasteiger partial charge in [0.05, 0.1) is 10.9 Å². The van der Waals surface area contributed by atoms with E-state index in [4.69, 9.17) is 5.73 Å². The number of anilines is 1. The molecule has 0 spiro atoms. The van der Waals surface area contributed by atoms with Crippen LogP contribution in [0, 0.1) is 11.6 Å². The molecule has 9 nitrogen and oxygen atoms in total. The van der Waals surface area contributed by atoms with Gasteiger partial charge in [-0.1, -0.05) is 0 Å². The number of alkyl halides is 2. The van der Waals surface area contributed by atoms with Crippen molar-refractivity contribution in [2.75, 3.05) is 12.3 Å². The van der Waals surface area contributed by atoms with Crippen molar-refractivity contribution in [1.82, 2.24) is 29.0 Å². The van der Waals surface area contributed by atoms with Gasteiger partial charge in [0.25, 0.3) is 11.5 Å². The molecule has 1 aromatic carbocycles. The molecule has 35 heavy (non-hydrogen) atoms. The number of fused-ring (bicyclic) bond motifs is 3. The lowest BCUT2D eigenvalue weighted by molar-refractivity contribution is 0.0584.